The van der Waals surface area contributed by atoms with Gasteiger partial charge in [-0.25, -0.2) is 9.78 Å². The highest BCUT2D eigenvalue weighted by Crippen LogP contribution is 2.27. The average molecular weight is 356 g/mol. The summed E-state index contributed by atoms with van der Waals surface area (Å²) in [6.45, 7) is 8.13. The largest absolute Gasteiger partial charge is 0.477 e. The fourth-order valence-electron chi connectivity index (χ4n) is 2.79. The monoisotopic (exact) mass is 356 g/mol. The number of carboxylic acid groups (broad SMARTS) is 1. The Hall–Kier alpha value is -2.47. The Bertz CT molecular complexity index is 1010. The van der Waals surface area contributed by atoms with Gasteiger partial charge in [0.15, 0.2) is 0 Å². The number of carboxylic acids is 1. The summed E-state index contributed by atoms with van der Waals surface area (Å²) in [6, 6.07) is 8.24. The number of benzene rings is 1. The lowest BCUT2D eigenvalue weighted by atomic mass is 9.86. The van der Waals surface area contributed by atoms with Gasteiger partial charge in [0.2, 0.25) is 0 Å². The molecule has 3 rings (SSSR count). The number of nitrogens with one attached hydrogen (secondary N) is 1. The molecule has 2 aromatic heterocycles. The Morgan fingerprint density at radius 1 is 1.24 bits per heavy atom. The summed E-state index contributed by atoms with van der Waals surface area (Å²) in [6.07, 6.45) is 0.495. The van der Waals surface area contributed by atoms with Gasteiger partial charge in [-0.1, -0.05) is 45.0 Å². The van der Waals surface area contributed by atoms with E-state index >= 15 is 0 Å². The zero-order chi connectivity index (χ0) is 18.4. The maximum Gasteiger partial charge on any atom is 0.346 e. The molecule has 0 saturated heterocycles. The number of aromatic nitrogens is 2. The van der Waals surface area contributed by atoms with Crippen molar-refractivity contribution in [3.05, 3.63) is 62.0 Å². The van der Waals surface area contributed by atoms with Gasteiger partial charge in [0.05, 0.1) is 5.39 Å². The third-order valence-electron chi connectivity index (χ3n) is 4.24. The van der Waals surface area contributed by atoms with E-state index < -0.39 is 5.97 Å². The second-order valence-corrected chi connectivity index (χ2v) is 8.18. The predicted molar refractivity (Wildman–Crippen MR) is 99.9 cm³/mol. The van der Waals surface area contributed by atoms with Crippen LogP contribution in [0.4, 0.5) is 0 Å². The summed E-state index contributed by atoms with van der Waals surface area (Å²) in [5, 5.41) is 9.59. The van der Waals surface area contributed by atoms with E-state index in [1.54, 1.807) is 6.92 Å². The van der Waals surface area contributed by atoms with E-state index in [9.17, 15) is 14.7 Å². The summed E-state index contributed by atoms with van der Waals surface area (Å²) in [5.74, 6) is -0.488. The SMILES string of the molecule is Cc1c(C(=O)O)sc2nc(Cc3ccc(C(C)(C)C)cc3)[nH]c(=O)c12. The highest BCUT2D eigenvalue weighted by molar-refractivity contribution is 7.20. The number of H-pyrrole nitrogens is 1. The standard InChI is InChI=1S/C19H20N2O3S/c1-10-14-16(22)20-13(21-17(14)25-15(10)18(23)24)9-11-5-7-12(8-6-11)19(2,3)4/h5-8H,9H2,1-4H3,(H,23,24)(H,20,21,22). The quantitative estimate of drug-likeness (QED) is 0.746. The number of hydrogen-bond acceptors (Lipinski definition) is 4. The van der Waals surface area contributed by atoms with Crippen molar-refractivity contribution < 1.29 is 9.90 Å². The molecule has 0 radical (unpaired) electrons. The fourth-order valence-corrected chi connectivity index (χ4v) is 3.83. The van der Waals surface area contributed by atoms with Gasteiger partial charge in [0.25, 0.3) is 5.56 Å². The molecular formula is C19H20N2O3S. The van der Waals surface area contributed by atoms with Crippen molar-refractivity contribution in [3.8, 4) is 0 Å². The van der Waals surface area contributed by atoms with Crippen LogP contribution in [-0.2, 0) is 11.8 Å². The first-order valence-electron chi connectivity index (χ1n) is 8.02. The van der Waals surface area contributed by atoms with E-state index in [1.165, 1.54) is 5.56 Å². The van der Waals surface area contributed by atoms with E-state index in [2.05, 4.69) is 42.9 Å². The molecule has 5 nitrogen and oxygen atoms in total. The van der Waals surface area contributed by atoms with Crippen molar-refractivity contribution in [2.45, 2.75) is 39.5 Å². The van der Waals surface area contributed by atoms with Crippen LogP contribution in [-0.4, -0.2) is 21.0 Å². The number of carbonyl (C=O) groups is 1. The Morgan fingerprint density at radius 2 is 1.88 bits per heavy atom. The Kier molecular flexibility index (Phi) is 4.24. The molecule has 2 N–H and O–H groups in total. The van der Waals surface area contributed by atoms with Gasteiger partial charge >= 0.3 is 5.97 Å². The number of fused-ring (bicyclic) bond motifs is 1. The first-order chi connectivity index (χ1) is 11.7. The van der Waals surface area contributed by atoms with Gasteiger partial charge in [-0.3, -0.25) is 4.79 Å². The van der Waals surface area contributed by atoms with Crippen molar-refractivity contribution in [2.75, 3.05) is 0 Å². The molecule has 0 saturated carbocycles. The second kappa shape index (κ2) is 6.11. The highest BCUT2D eigenvalue weighted by atomic mass is 32.1. The molecule has 0 unspecified atom stereocenters. The number of thiophene rings is 1. The first-order valence-corrected chi connectivity index (χ1v) is 8.83. The molecule has 0 aliphatic heterocycles. The zero-order valence-electron chi connectivity index (χ0n) is 14.6. The van der Waals surface area contributed by atoms with Crippen LogP contribution in [0.5, 0.6) is 0 Å². The van der Waals surface area contributed by atoms with Crippen LogP contribution in [0.2, 0.25) is 0 Å². The summed E-state index contributed by atoms with van der Waals surface area (Å²) in [5.41, 5.74) is 2.57. The van der Waals surface area contributed by atoms with Crippen LogP contribution in [0.3, 0.4) is 0 Å². The van der Waals surface area contributed by atoms with Gasteiger partial charge in [0, 0.05) is 6.42 Å². The van der Waals surface area contributed by atoms with Crippen molar-refractivity contribution in [2.24, 2.45) is 0 Å². The summed E-state index contributed by atoms with van der Waals surface area (Å²) >= 11 is 1.05. The number of rotatable bonds is 3. The Balaban J connectivity index is 1.97. The molecule has 25 heavy (non-hydrogen) atoms. The third kappa shape index (κ3) is 3.35. The van der Waals surface area contributed by atoms with E-state index in [0.717, 1.165) is 16.9 Å². The van der Waals surface area contributed by atoms with Crippen LogP contribution < -0.4 is 5.56 Å². The van der Waals surface area contributed by atoms with Gasteiger partial charge in [-0.2, -0.15) is 0 Å². The smallest absolute Gasteiger partial charge is 0.346 e. The maximum atomic E-state index is 12.4. The van der Waals surface area contributed by atoms with Gasteiger partial charge in [0.1, 0.15) is 15.5 Å². The maximum absolute atomic E-state index is 12.4. The summed E-state index contributed by atoms with van der Waals surface area (Å²) < 4.78 is 0. The minimum atomic E-state index is -1.03. The molecule has 3 aromatic rings. The first kappa shape index (κ1) is 17.4. The van der Waals surface area contributed by atoms with E-state index in [0.29, 0.717) is 28.0 Å². The van der Waals surface area contributed by atoms with E-state index in [1.807, 2.05) is 12.1 Å². The lowest BCUT2D eigenvalue weighted by Crippen LogP contribution is -2.13. The molecule has 0 atom stereocenters. The van der Waals surface area contributed by atoms with Gasteiger partial charge in [-0.05, 0) is 29.0 Å². The van der Waals surface area contributed by atoms with Crippen molar-refractivity contribution in [1.82, 2.24) is 9.97 Å². The molecule has 2 heterocycles. The van der Waals surface area contributed by atoms with Gasteiger partial charge < -0.3 is 10.1 Å². The number of aryl methyl sites for hydroxylation is 1. The van der Waals surface area contributed by atoms with Crippen molar-refractivity contribution >= 4 is 27.5 Å². The molecule has 0 spiro atoms. The molecule has 1 aromatic carbocycles. The van der Waals surface area contributed by atoms with Crippen LogP contribution in [0.15, 0.2) is 29.1 Å². The van der Waals surface area contributed by atoms with E-state index in [4.69, 9.17) is 0 Å². The average Bonchev–Trinajstić information content (AvgIpc) is 2.84. The molecule has 6 heteroatoms. The van der Waals surface area contributed by atoms with Gasteiger partial charge in [-0.15, -0.1) is 11.3 Å². The number of nitrogens with zero attached hydrogens (tertiary/aromatic N) is 1. The molecule has 0 aliphatic rings. The minimum Gasteiger partial charge on any atom is -0.477 e. The topological polar surface area (TPSA) is 83.0 Å². The molecule has 0 aliphatic carbocycles. The molecule has 0 bridgehead atoms. The predicted octanol–water partition coefficient (Wildman–Crippen LogP) is 3.88. The lowest BCUT2D eigenvalue weighted by molar-refractivity contribution is 0.0701. The second-order valence-electron chi connectivity index (χ2n) is 7.18. The Morgan fingerprint density at radius 3 is 2.44 bits per heavy atom. The number of hydrogen-bond donors (Lipinski definition) is 2. The van der Waals surface area contributed by atoms with Crippen molar-refractivity contribution in [3.63, 3.8) is 0 Å². The van der Waals surface area contributed by atoms with Crippen LogP contribution in [0.1, 0.15) is 53.0 Å². The van der Waals surface area contributed by atoms with Crippen LogP contribution >= 0.6 is 11.3 Å². The summed E-state index contributed by atoms with van der Waals surface area (Å²) in [7, 11) is 0. The normalized spacial score (nSPS) is 11.8. The van der Waals surface area contributed by atoms with Crippen LogP contribution in [0, 0.1) is 6.92 Å². The Labute approximate surface area is 149 Å². The zero-order valence-corrected chi connectivity index (χ0v) is 15.5. The molecule has 130 valence electrons. The van der Waals surface area contributed by atoms with Crippen LogP contribution in [0.25, 0.3) is 10.2 Å². The minimum absolute atomic E-state index is 0.0890. The highest BCUT2D eigenvalue weighted by Gasteiger charge is 2.19. The number of aromatic carboxylic acids is 1. The summed E-state index contributed by atoms with van der Waals surface area (Å²) in [4.78, 5) is 31.5. The van der Waals surface area contributed by atoms with Crippen molar-refractivity contribution in [1.29, 1.82) is 0 Å². The molecule has 0 amide bonds. The lowest BCUT2D eigenvalue weighted by Gasteiger charge is -2.19. The fraction of sp³-hybridized carbons (Fsp3) is 0.316. The molecule has 0 fully saturated rings. The van der Waals surface area contributed by atoms with E-state index in [-0.39, 0.29) is 15.9 Å². The third-order valence-corrected chi connectivity index (χ3v) is 5.41. The molecular weight excluding hydrogens is 336 g/mol. The number of aromatic amines is 1.